The highest BCUT2D eigenvalue weighted by molar-refractivity contribution is 9.10. The predicted octanol–water partition coefficient (Wildman–Crippen LogP) is 2.32. The quantitative estimate of drug-likeness (QED) is 0.896. The van der Waals surface area contributed by atoms with E-state index in [0.29, 0.717) is 5.69 Å². The Morgan fingerprint density at radius 3 is 2.65 bits per heavy atom. The van der Waals surface area contributed by atoms with E-state index in [2.05, 4.69) is 45.2 Å². The van der Waals surface area contributed by atoms with Gasteiger partial charge in [0.2, 0.25) is 0 Å². The molecule has 1 aromatic rings. The van der Waals surface area contributed by atoms with Gasteiger partial charge in [0.25, 0.3) is 0 Å². The summed E-state index contributed by atoms with van der Waals surface area (Å²) in [5, 5.41) is 3.45. The first-order valence-corrected chi connectivity index (χ1v) is 6.65. The summed E-state index contributed by atoms with van der Waals surface area (Å²) in [6.07, 6.45) is 7.25. The van der Waals surface area contributed by atoms with Crippen molar-refractivity contribution in [2.45, 2.75) is 24.8 Å². The molecule has 0 aromatic carbocycles. The van der Waals surface area contributed by atoms with Crippen LogP contribution in [0.25, 0.3) is 0 Å². The van der Waals surface area contributed by atoms with Crippen LogP contribution in [0.4, 0.5) is 11.4 Å². The summed E-state index contributed by atoms with van der Waals surface area (Å²) in [4.78, 5) is 6.35. The molecule has 0 saturated heterocycles. The number of hydrogen-bond acceptors (Lipinski definition) is 4. The van der Waals surface area contributed by atoms with Gasteiger partial charge in [-0.25, -0.2) is 0 Å². The molecule has 0 radical (unpaired) electrons. The number of aromatic nitrogens is 1. The number of halogens is 1. The topological polar surface area (TPSA) is 54.2 Å². The van der Waals surface area contributed by atoms with Crippen LogP contribution in [0.1, 0.15) is 19.3 Å². The lowest BCUT2D eigenvalue weighted by Gasteiger charge is -2.47. The molecule has 0 atom stereocenters. The van der Waals surface area contributed by atoms with Gasteiger partial charge in [-0.1, -0.05) is 0 Å². The summed E-state index contributed by atoms with van der Waals surface area (Å²) in [5.41, 5.74) is 7.84. The smallest absolute Gasteiger partial charge is 0.0750 e. The average Bonchev–Trinajstić information content (AvgIpc) is 2.19. The van der Waals surface area contributed by atoms with E-state index in [4.69, 9.17) is 5.73 Å². The van der Waals surface area contributed by atoms with Gasteiger partial charge in [0, 0.05) is 18.3 Å². The Labute approximate surface area is 111 Å². The lowest BCUT2D eigenvalue weighted by molar-refractivity contribution is 0.0739. The summed E-state index contributed by atoms with van der Waals surface area (Å²) in [6, 6.07) is 0. The molecule has 1 heterocycles. The first-order valence-electron chi connectivity index (χ1n) is 5.85. The van der Waals surface area contributed by atoms with Gasteiger partial charge in [0.15, 0.2) is 0 Å². The normalized spacial score (nSPS) is 17.9. The van der Waals surface area contributed by atoms with Crippen LogP contribution >= 0.6 is 15.9 Å². The van der Waals surface area contributed by atoms with E-state index < -0.39 is 0 Å². The second-order valence-corrected chi connectivity index (χ2v) is 5.77. The lowest BCUT2D eigenvalue weighted by Crippen LogP contribution is -2.54. The maximum atomic E-state index is 5.92. The van der Waals surface area contributed by atoms with E-state index in [-0.39, 0.29) is 5.54 Å². The fourth-order valence-electron chi connectivity index (χ4n) is 2.26. The summed E-state index contributed by atoms with van der Waals surface area (Å²) < 4.78 is 0.922. The molecule has 0 amide bonds. The van der Waals surface area contributed by atoms with Gasteiger partial charge < -0.3 is 16.0 Å². The largest absolute Gasteiger partial charge is 0.396 e. The predicted molar refractivity (Wildman–Crippen MR) is 75.1 cm³/mol. The number of nitrogens with two attached hydrogens (primary N) is 1. The van der Waals surface area contributed by atoms with Crippen LogP contribution in [-0.4, -0.2) is 36.1 Å². The molecule has 1 aliphatic rings. The molecule has 0 aliphatic heterocycles. The van der Waals surface area contributed by atoms with Gasteiger partial charge in [-0.05, 0) is 49.3 Å². The van der Waals surface area contributed by atoms with Crippen molar-refractivity contribution in [3.8, 4) is 0 Å². The summed E-state index contributed by atoms with van der Waals surface area (Å²) >= 11 is 3.47. The van der Waals surface area contributed by atoms with E-state index in [1.54, 1.807) is 12.4 Å². The maximum absolute atomic E-state index is 5.92. The van der Waals surface area contributed by atoms with Crippen molar-refractivity contribution in [2.24, 2.45) is 0 Å². The van der Waals surface area contributed by atoms with Crippen molar-refractivity contribution < 1.29 is 0 Å². The van der Waals surface area contributed by atoms with Crippen LogP contribution in [0.15, 0.2) is 16.9 Å². The molecular formula is C12H19BrN4. The zero-order valence-corrected chi connectivity index (χ0v) is 11.9. The minimum absolute atomic E-state index is 0.287. The number of rotatable bonds is 4. The van der Waals surface area contributed by atoms with Gasteiger partial charge >= 0.3 is 0 Å². The third-order valence-corrected chi connectivity index (χ3v) is 4.36. The first kappa shape index (κ1) is 12.6. The Morgan fingerprint density at radius 2 is 2.18 bits per heavy atom. The molecule has 0 bridgehead atoms. The molecule has 4 nitrogen and oxygen atoms in total. The molecule has 0 spiro atoms. The number of hydrogen-bond donors (Lipinski definition) is 2. The molecule has 1 aromatic heterocycles. The molecule has 94 valence electrons. The molecule has 3 N–H and O–H groups in total. The van der Waals surface area contributed by atoms with Crippen molar-refractivity contribution >= 4 is 27.3 Å². The summed E-state index contributed by atoms with van der Waals surface area (Å²) in [5.74, 6) is 0. The van der Waals surface area contributed by atoms with E-state index in [9.17, 15) is 0 Å². The standard InChI is InChI=1S/C12H19BrN4/c1-17(2)12(4-3-5-12)8-16-11-9(13)6-15-7-10(11)14/h6-7H,3-5,8,14H2,1-2H3,(H,15,16). The van der Waals surface area contributed by atoms with Crippen molar-refractivity contribution in [3.05, 3.63) is 16.9 Å². The number of nitrogen functional groups attached to an aromatic ring is 1. The van der Waals surface area contributed by atoms with Crippen LogP contribution in [0.3, 0.4) is 0 Å². The van der Waals surface area contributed by atoms with Crippen molar-refractivity contribution in [1.29, 1.82) is 0 Å². The fourth-order valence-corrected chi connectivity index (χ4v) is 2.74. The number of anilines is 2. The Hall–Kier alpha value is -0.810. The fraction of sp³-hybridized carbons (Fsp3) is 0.583. The third kappa shape index (κ3) is 2.40. The number of pyridine rings is 1. The monoisotopic (exact) mass is 298 g/mol. The number of nitrogens with zero attached hydrogens (tertiary/aromatic N) is 2. The van der Waals surface area contributed by atoms with Gasteiger partial charge in [-0.15, -0.1) is 0 Å². The first-order chi connectivity index (χ1) is 8.05. The highest BCUT2D eigenvalue weighted by atomic mass is 79.9. The van der Waals surface area contributed by atoms with Gasteiger partial charge in [0.1, 0.15) is 0 Å². The zero-order chi connectivity index (χ0) is 12.5. The van der Waals surface area contributed by atoms with Crippen LogP contribution in [0, 0.1) is 0 Å². The SMILES string of the molecule is CN(C)C1(CNc2c(N)cncc2Br)CCC1. The van der Waals surface area contributed by atoms with E-state index in [0.717, 1.165) is 16.7 Å². The highest BCUT2D eigenvalue weighted by Gasteiger charge is 2.38. The molecule has 1 aliphatic carbocycles. The Kier molecular flexibility index (Phi) is 3.58. The van der Waals surface area contributed by atoms with Gasteiger partial charge in [-0.3, -0.25) is 4.98 Å². The molecule has 0 unspecified atom stereocenters. The zero-order valence-electron chi connectivity index (χ0n) is 10.3. The summed E-state index contributed by atoms with van der Waals surface area (Å²) in [6.45, 7) is 0.923. The number of likely N-dealkylation sites (N-methyl/N-ethyl adjacent to an activating group) is 1. The molecule has 1 saturated carbocycles. The van der Waals surface area contributed by atoms with Crippen molar-refractivity contribution in [1.82, 2.24) is 9.88 Å². The summed E-state index contributed by atoms with van der Waals surface area (Å²) in [7, 11) is 4.29. The molecule has 17 heavy (non-hydrogen) atoms. The third-order valence-electron chi connectivity index (χ3n) is 3.76. The lowest BCUT2D eigenvalue weighted by atomic mass is 9.75. The molecule has 5 heteroatoms. The minimum atomic E-state index is 0.287. The molecule has 2 rings (SSSR count). The van der Waals surface area contributed by atoms with E-state index in [1.165, 1.54) is 19.3 Å². The molecule has 1 fully saturated rings. The second-order valence-electron chi connectivity index (χ2n) is 4.91. The molecular weight excluding hydrogens is 280 g/mol. The Morgan fingerprint density at radius 1 is 1.47 bits per heavy atom. The highest BCUT2D eigenvalue weighted by Crippen LogP contribution is 2.37. The maximum Gasteiger partial charge on any atom is 0.0750 e. The number of nitrogens with one attached hydrogen (secondary N) is 1. The van der Waals surface area contributed by atoms with Gasteiger partial charge in [-0.2, -0.15) is 0 Å². The van der Waals surface area contributed by atoms with Crippen molar-refractivity contribution in [3.63, 3.8) is 0 Å². The van der Waals surface area contributed by atoms with Crippen LogP contribution < -0.4 is 11.1 Å². The second kappa shape index (κ2) is 4.82. The Bertz CT molecular complexity index is 381. The average molecular weight is 299 g/mol. The Balaban J connectivity index is 2.07. The van der Waals surface area contributed by atoms with Crippen LogP contribution in [0.2, 0.25) is 0 Å². The van der Waals surface area contributed by atoms with Gasteiger partial charge in [0.05, 0.1) is 22.0 Å². The van der Waals surface area contributed by atoms with Crippen molar-refractivity contribution in [2.75, 3.05) is 31.7 Å². The minimum Gasteiger partial charge on any atom is -0.396 e. The van der Waals surface area contributed by atoms with Crippen LogP contribution in [0.5, 0.6) is 0 Å². The van der Waals surface area contributed by atoms with E-state index >= 15 is 0 Å². The van der Waals surface area contributed by atoms with Crippen LogP contribution in [-0.2, 0) is 0 Å². The van der Waals surface area contributed by atoms with E-state index in [1.807, 2.05) is 0 Å².